The van der Waals surface area contributed by atoms with E-state index in [4.69, 9.17) is 5.84 Å². The normalized spacial score (nSPS) is 17.9. The molecular formula is C20H24F6IN7. The number of hydrazine groups is 1. The molecule has 0 aliphatic carbocycles. The second kappa shape index (κ2) is 10.7. The topological polar surface area (TPSA) is 83.2 Å². The molecule has 0 saturated carbocycles. The lowest BCUT2D eigenvalue weighted by Crippen LogP contribution is -2.43. The van der Waals surface area contributed by atoms with Gasteiger partial charge in [-0.15, -0.1) is 0 Å². The lowest BCUT2D eigenvalue weighted by molar-refractivity contribution is -0.138. The summed E-state index contributed by atoms with van der Waals surface area (Å²) in [6.07, 6.45) is -1.68. The average molecular weight is 603 g/mol. The van der Waals surface area contributed by atoms with E-state index in [0.29, 0.717) is 37.4 Å². The Hall–Kier alpha value is -2.07. The second-order valence-corrected chi connectivity index (χ2v) is 9.23. The molecule has 3 heterocycles. The van der Waals surface area contributed by atoms with Gasteiger partial charge in [0.25, 0.3) is 0 Å². The minimum absolute atomic E-state index is 0.0464. The zero-order valence-corrected chi connectivity index (χ0v) is 20.4. The largest absolute Gasteiger partial charge is 0.417 e. The van der Waals surface area contributed by atoms with Gasteiger partial charge in [0.05, 0.1) is 12.1 Å². The van der Waals surface area contributed by atoms with Crippen molar-refractivity contribution in [1.82, 2.24) is 19.9 Å². The lowest BCUT2D eigenvalue weighted by Gasteiger charge is -2.29. The first-order valence-electron chi connectivity index (χ1n) is 10.3. The van der Waals surface area contributed by atoms with Crippen molar-refractivity contribution >= 4 is 37.2 Å². The molecule has 1 unspecified atom stereocenters. The van der Waals surface area contributed by atoms with E-state index in [1.165, 1.54) is 16.2 Å². The van der Waals surface area contributed by atoms with Crippen molar-refractivity contribution in [2.45, 2.75) is 44.3 Å². The summed E-state index contributed by atoms with van der Waals surface area (Å²) in [6, 6.07) is -0.138. The fraction of sp³-hybridized carbons (Fsp3) is 0.500. The number of likely N-dealkylation sites (tertiary alicyclic amines) is 1. The van der Waals surface area contributed by atoms with Crippen molar-refractivity contribution < 1.29 is 26.3 Å². The van der Waals surface area contributed by atoms with Crippen LogP contribution in [0.25, 0.3) is 0 Å². The number of nitrogens with zero attached hydrogens (tertiary/aromatic N) is 5. The van der Waals surface area contributed by atoms with Gasteiger partial charge in [-0.2, -0.15) is 22.0 Å². The van der Waals surface area contributed by atoms with Crippen LogP contribution in [-0.2, 0) is 12.1 Å². The highest BCUT2D eigenvalue weighted by molar-refractivity contribution is 14.2. The Kier molecular flexibility index (Phi) is 8.34. The van der Waals surface area contributed by atoms with Crippen LogP contribution in [0.3, 0.4) is 0 Å². The molecule has 2 aromatic rings. The van der Waals surface area contributed by atoms with Crippen LogP contribution in [0.4, 0.5) is 38.0 Å². The van der Waals surface area contributed by atoms with E-state index in [0.717, 1.165) is 5.56 Å². The maximum atomic E-state index is 14.8. The SMILES string of the molecule is C=INc1ncnc(N(N)C2CCCN(CC(F)(F)c3ncc(C(F)(F)F)cc3F)CC2)c1C. The van der Waals surface area contributed by atoms with Gasteiger partial charge in [0.1, 0.15) is 17.8 Å². The van der Waals surface area contributed by atoms with Crippen LogP contribution in [0, 0.1) is 12.7 Å². The summed E-state index contributed by atoms with van der Waals surface area (Å²) in [7, 11) is 0. The van der Waals surface area contributed by atoms with Gasteiger partial charge in [-0.1, -0.05) is 0 Å². The number of nitrogens with two attached hydrogens (primary N) is 1. The fourth-order valence-electron chi connectivity index (χ4n) is 3.82. The number of alkyl halides is 5. The van der Waals surface area contributed by atoms with E-state index in [1.54, 1.807) is 0 Å². The van der Waals surface area contributed by atoms with Crippen molar-refractivity contribution in [2.24, 2.45) is 5.84 Å². The Labute approximate surface area is 202 Å². The van der Waals surface area contributed by atoms with Crippen LogP contribution in [0.15, 0.2) is 18.6 Å². The van der Waals surface area contributed by atoms with Gasteiger partial charge in [0.15, 0.2) is 11.6 Å². The fourth-order valence-corrected chi connectivity index (χ4v) is 4.73. The molecule has 0 radical (unpaired) electrons. The molecule has 3 N–H and O–H groups in total. The number of anilines is 2. The number of hydrogen-bond donors (Lipinski definition) is 2. The second-order valence-electron chi connectivity index (χ2n) is 7.92. The number of pyridine rings is 1. The van der Waals surface area contributed by atoms with Crippen molar-refractivity contribution in [3.05, 3.63) is 41.2 Å². The number of aromatic nitrogens is 3. The van der Waals surface area contributed by atoms with E-state index in [9.17, 15) is 26.3 Å². The summed E-state index contributed by atoms with van der Waals surface area (Å²) in [5.41, 5.74) is -1.96. The minimum Gasteiger partial charge on any atom is -0.318 e. The predicted octanol–water partition coefficient (Wildman–Crippen LogP) is 4.39. The van der Waals surface area contributed by atoms with E-state index < -0.39 is 56.7 Å². The number of hydrogen-bond acceptors (Lipinski definition) is 7. The first-order valence-corrected chi connectivity index (χ1v) is 12.9. The molecule has 188 valence electrons. The highest BCUT2D eigenvalue weighted by Gasteiger charge is 2.41. The third-order valence-electron chi connectivity index (χ3n) is 5.58. The maximum Gasteiger partial charge on any atom is 0.417 e. The van der Waals surface area contributed by atoms with Crippen LogP contribution in [0.5, 0.6) is 0 Å². The highest BCUT2D eigenvalue weighted by atomic mass is 127. The third kappa shape index (κ3) is 6.13. The molecule has 0 bridgehead atoms. The Morgan fingerprint density at radius 1 is 1.21 bits per heavy atom. The monoisotopic (exact) mass is 603 g/mol. The molecule has 7 nitrogen and oxygen atoms in total. The van der Waals surface area contributed by atoms with Gasteiger partial charge < -0.3 is 3.53 Å². The summed E-state index contributed by atoms with van der Waals surface area (Å²) >= 11 is -0.505. The molecule has 1 aliphatic rings. The first-order chi connectivity index (χ1) is 15.9. The zero-order valence-electron chi connectivity index (χ0n) is 18.2. The minimum atomic E-state index is -4.87. The van der Waals surface area contributed by atoms with Gasteiger partial charge in [-0.25, -0.2) is 20.2 Å². The van der Waals surface area contributed by atoms with Crippen molar-refractivity contribution in [3.8, 4) is 0 Å². The lowest BCUT2D eigenvalue weighted by atomic mass is 10.1. The van der Waals surface area contributed by atoms with E-state index >= 15 is 0 Å². The summed E-state index contributed by atoms with van der Waals surface area (Å²) in [6.45, 7) is 1.49. The Morgan fingerprint density at radius 3 is 2.59 bits per heavy atom. The van der Waals surface area contributed by atoms with Crippen LogP contribution in [0.1, 0.15) is 36.1 Å². The van der Waals surface area contributed by atoms with Crippen molar-refractivity contribution in [3.63, 3.8) is 0 Å². The molecule has 3 rings (SSSR count). The van der Waals surface area contributed by atoms with Crippen LogP contribution < -0.4 is 14.4 Å². The highest BCUT2D eigenvalue weighted by Crippen LogP contribution is 2.35. The van der Waals surface area contributed by atoms with E-state index in [-0.39, 0.29) is 24.8 Å². The molecule has 0 amide bonds. The van der Waals surface area contributed by atoms with Gasteiger partial charge in [-0.05, 0) is 64.3 Å². The van der Waals surface area contributed by atoms with Crippen LogP contribution >= 0.6 is 21.0 Å². The zero-order chi connectivity index (χ0) is 25.1. The first kappa shape index (κ1) is 26.5. The Morgan fingerprint density at radius 2 is 1.94 bits per heavy atom. The average Bonchev–Trinajstić information content (AvgIpc) is 2.99. The van der Waals surface area contributed by atoms with Gasteiger partial charge in [0, 0.05) is 24.3 Å². The van der Waals surface area contributed by atoms with Gasteiger partial charge >= 0.3 is 12.1 Å². The summed E-state index contributed by atoms with van der Waals surface area (Å²) in [5.74, 6) is 2.04. The van der Waals surface area contributed by atoms with Crippen molar-refractivity contribution in [2.75, 3.05) is 28.2 Å². The summed E-state index contributed by atoms with van der Waals surface area (Å²) in [4.78, 5) is 13.0. The molecule has 34 heavy (non-hydrogen) atoms. The molecule has 1 atom stereocenters. The quantitative estimate of drug-likeness (QED) is 0.160. The van der Waals surface area contributed by atoms with Gasteiger partial charge in [0.2, 0.25) is 0 Å². The summed E-state index contributed by atoms with van der Waals surface area (Å²) in [5, 5.41) is 1.52. The molecule has 1 fully saturated rings. The molecular weight excluding hydrogens is 579 g/mol. The number of nitrogens with one attached hydrogen (secondary N) is 1. The van der Waals surface area contributed by atoms with Gasteiger partial charge in [-0.3, -0.25) is 14.9 Å². The number of rotatable bonds is 7. The Balaban J connectivity index is 1.69. The van der Waals surface area contributed by atoms with E-state index in [2.05, 4.69) is 23.0 Å². The van der Waals surface area contributed by atoms with Crippen molar-refractivity contribution in [1.29, 1.82) is 0 Å². The Bertz CT molecular complexity index is 1020. The molecule has 0 spiro atoms. The smallest absolute Gasteiger partial charge is 0.318 e. The molecule has 1 saturated heterocycles. The maximum absolute atomic E-state index is 14.8. The van der Waals surface area contributed by atoms with E-state index in [1.807, 2.05) is 6.92 Å². The molecule has 14 heteroatoms. The number of halogens is 7. The van der Waals surface area contributed by atoms with Crippen LogP contribution in [0.2, 0.25) is 0 Å². The summed E-state index contributed by atoms with van der Waals surface area (Å²) < 4.78 is 88.7. The van der Waals surface area contributed by atoms with Crippen LogP contribution in [-0.4, -0.2) is 50.0 Å². The molecule has 0 aromatic carbocycles. The third-order valence-corrected chi connectivity index (χ3v) is 6.47. The molecule has 2 aromatic heterocycles. The standard InChI is InChI=1S/C20H24F6IN7/c1-12-17(32-27-2)30-11-31-18(12)34(28)14-4-3-6-33(7-5-14)10-19(22,23)16-15(21)8-13(9-29-16)20(24,25)26/h8-9,11,14H,2-7,10,28H2,1H3,(H,30,31,32). The molecule has 1 aliphatic heterocycles. The predicted molar refractivity (Wildman–Crippen MR) is 125 cm³/mol.